The first-order valence-corrected chi connectivity index (χ1v) is 10.6. The molecule has 0 aliphatic carbocycles. The smallest absolute Gasteiger partial charge is 0.343 e. The summed E-state index contributed by atoms with van der Waals surface area (Å²) in [6.45, 7) is 5.71. The standard InChI is InChI=1S/C26H21ClN2O4/c1-15-4-11-20(12-5-15)33-26(32)18-7-9-19(10-8-18)28-23-22(27)24(30)29(25(23)31)21-13-6-16(2)14-17(21)3/h4-14,28H,1-3H3. The van der Waals surface area contributed by atoms with Crippen LogP contribution in [0.5, 0.6) is 5.75 Å². The van der Waals surface area contributed by atoms with Crippen LogP contribution in [0.25, 0.3) is 0 Å². The van der Waals surface area contributed by atoms with Gasteiger partial charge in [-0.05, 0) is 68.8 Å². The third-order valence-corrected chi connectivity index (χ3v) is 5.59. The Morgan fingerprint density at radius 1 is 0.848 bits per heavy atom. The van der Waals surface area contributed by atoms with Gasteiger partial charge >= 0.3 is 5.97 Å². The van der Waals surface area contributed by atoms with E-state index in [1.54, 1.807) is 42.5 Å². The fourth-order valence-corrected chi connectivity index (χ4v) is 3.71. The van der Waals surface area contributed by atoms with Crippen molar-refractivity contribution in [1.29, 1.82) is 0 Å². The summed E-state index contributed by atoms with van der Waals surface area (Å²) >= 11 is 6.22. The zero-order chi connectivity index (χ0) is 23.7. The lowest BCUT2D eigenvalue weighted by Gasteiger charge is -2.18. The van der Waals surface area contributed by atoms with Gasteiger partial charge in [0.05, 0.1) is 11.3 Å². The fraction of sp³-hybridized carbons (Fsp3) is 0.115. The quantitative estimate of drug-likeness (QED) is 0.319. The highest BCUT2D eigenvalue weighted by Crippen LogP contribution is 2.32. The summed E-state index contributed by atoms with van der Waals surface area (Å²) in [7, 11) is 0. The molecule has 0 unspecified atom stereocenters. The molecule has 7 heteroatoms. The first-order chi connectivity index (χ1) is 15.7. The largest absolute Gasteiger partial charge is 0.423 e. The van der Waals surface area contributed by atoms with Crippen molar-refractivity contribution in [2.75, 3.05) is 10.2 Å². The van der Waals surface area contributed by atoms with Gasteiger partial charge < -0.3 is 10.1 Å². The van der Waals surface area contributed by atoms with Crippen LogP contribution in [0.1, 0.15) is 27.0 Å². The van der Waals surface area contributed by atoms with E-state index in [0.29, 0.717) is 22.7 Å². The summed E-state index contributed by atoms with van der Waals surface area (Å²) in [4.78, 5) is 39.1. The van der Waals surface area contributed by atoms with Crippen LogP contribution in [0.4, 0.5) is 11.4 Å². The molecule has 1 heterocycles. The number of anilines is 2. The second-order valence-electron chi connectivity index (χ2n) is 7.83. The van der Waals surface area contributed by atoms with E-state index in [-0.39, 0.29) is 10.7 Å². The topological polar surface area (TPSA) is 75.7 Å². The van der Waals surface area contributed by atoms with Crippen molar-refractivity contribution in [2.24, 2.45) is 0 Å². The Labute approximate surface area is 196 Å². The zero-order valence-corrected chi connectivity index (χ0v) is 19.1. The lowest BCUT2D eigenvalue weighted by Crippen LogP contribution is -2.32. The number of carbonyl (C=O) groups is 3. The molecule has 166 valence electrons. The minimum absolute atomic E-state index is 0.0170. The molecule has 0 radical (unpaired) electrons. The van der Waals surface area contributed by atoms with E-state index in [4.69, 9.17) is 16.3 Å². The van der Waals surface area contributed by atoms with Gasteiger partial charge in [-0.2, -0.15) is 0 Å². The Hall–Kier alpha value is -3.90. The number of aryl methyl sites for hydroxylation is 3. The summed E-state index contributed by atoms with van der Waals surface area (Å²) < 4.78 is 5.36. The number of imide groups is 1. The third kappa shape index (κ3) is 4.52. The number of ether oxygens (including phenoxy) is 1. The molecule has 0 saturated heterocycles. The molecule has 1 aliphatic rings. The van der Waals surface area contributed by atoms with Crippen LogP contribution in [0.3, 0.4) is 0 Å². The summed E-state index contributed by atoms with van der Waals surface area (Å²) in [6.07, 6.45) is 0. The highest BCUT2D eigenvalue weighted by Gasteiger charge is 2.39. The average molecular weight is 461 g/mol. The Bertz CT molecular complexity index is 1290. The van der Waals surface area contributed by atoms with E-state index in [1.807, 2.05) is 45.0 Å². The van der Waals surface area contributed by atoms with Crippen molar-refractivity contribution < 1.29 is 19.1 Å². The number of esters is 1. The van der Waals surface area contributed by atoms with E-state index in [0.717, 1.165) is 21.6 Å². The van der Waals surface area contributed by atoms with Gasteiger partial charge in [0.15, 0.2) is 0 Å². The Kier molecular flexibility index (Phi) is 6.03. The van der Waals surface area contributed by atoms with Crippen LogP contribution in [0, 0.1) is 20.8 Å². The molecule has 0 atom stereocenters. The first kappa shape index (κ1) is 22.3. The van der Waals surface area contributed by atoms with Crippen molar-refractivity contribution >= 4 is 40.8 Å². The summed E-state index contributed by atoms with van der Waals surface area (Å²) in [5.41, 5.74) is 4.18. The number of nitrogens with one attached hydrogen (secondary N) is 1. The van der Waals surface area contributed by atoms with Gasteiger partial charge in [-0.25, -0.2) is 9.69 Å². The van der Waals surface area contributed by atoms with Gasteiger partial charge in [0, 0.05) is 5.69 Å². The molecule has 6 nitrogen and oxygen atoms in total. The van der Waals surface area contributed by atoms with Crippen LogP contribution in [0.15, 0.2) is 77.5 Å². The molecule has 3 aromatic carbocycles. The number of hydrogen-bond donors (Lipinski definition) is 1. The molecular weight excluding hydrogens is 440 g/mol. The van der Waals surface area contributed by atoms with Gasteiger partial charge in [-0.15, -0.1) is 0 Å². The SMILES string of the molecule is Cc1ccc(OC(=O)c2ccc(NC3=C(Cl)C(=O)N(c4ccc(C)cc4C)C3=O)cc2)cc1. The fourth-order valence-electron chi connectivity index (χ4n) is 3.49. The maximum Gasteiger partial charge on any atom is 0.343 e. The van der Waals surface area contributed by atoms with Gasteiger partial charge in [0.2, 0.25) is 0 Å². The molecular formula is C26H21ClN2O4. The third-order valence-electron chi connectivity index (χ3n) is 5.24. The normalized spacial score (nSPS) is 13.5. The van der Waals surface area contributed by atoms with Crippen LogP contribution < -0.4 is 15.0 Å². The van der Waals surface area contributed by atoms with E-state index in [2.05, 4.69) is 5.32 Å². The van der Waals surface area contributed by atoms with E-state index in [9.17, 15) is 14.4 Å². The molecule has 0 spiro atoms. The van der Waals surface area contributed by atoms with Gasteiger partial charge in [-0.1, -0.05) is 47.0 Å². The van der Waals surface area contributed by atoms with Crippen LogP contribution >= 0.6 is 11.6 Å². The Morgan fingerprint density at radius 2 is 1.48 bits per heavy atom. The highest BCUT2D eigenvalue weighted by atomic mass is 35.5. The second-order valence-corrected chi connectivity index (χ2v) is 8.21. The Morgan fingerprint density at radius 3 is 2.12 bits per heavy atom. The number of hydrogen-bond acceptors (Lipinski definition) is 5. The maximum atomic E-state index is 13.0. The van der Waals surface area contributed by atoms with Gasteiger partial charge in [-0.3, -0.25) is 9.59 Å². The molecule has 0 saturated carbocycles. The lowest BCUT2D eigenvalue weighted by molar-refractivity contribution is -0.120. The molecule has 1 aliphatic heterocycles. The number of amides is 2. The lowest BCUT2D eigenvalue weighted by atomic mass is 10.1. The van der Waals surface area contributed by atoms with Crippen molar-refractivity contribution in [3.8, 4) is 5.75 Å². The molecule has 3 aromatic rings. The maximum absolute atomic E-state index is 13.0. The van der Waals surface area contributed by atoms with E-state index >= 15 is 0 Å². The van der Waals surface area contributed by atoms with Crippen molar-refractivity contribution in [2.45, 2.75) is 20.8 Å². The predicted octanol–water partition coefficient (Wildman–Crippen LogP) is 5.27. The average Bonchev–Trinajstić information content (AvgIpc) is 2.99. The first-order valence-electron chi connectivity index (χ1n) is 10.3. The minimum atomic E-state index is -0.589. The molecule has 1 N–H and O–H groups in total. The Balaban J connectivity index is 1.49. The minimum Gasteiger partial charge on any atom is -0.423 e. The molecule has 0 aromatic heterocycles. The molecule has 4 rings (SSSR count). The number of halogens is 1. The van der Waals surface area contributed by atoms with Crippen LogP contribution in [-0.2, 0) is 9.59 Å². The molecule has 0 bridgehead atoms. The van der Waals surface area contributed by atoms with Crippen molar-refractivity contribution in [3.05, 3.63) is 99.7 Å². The van der Waals surface area contributed by atoms with Crippen molar-refractivity contribution in [3.63, 3.8) is 0 Å². The molecule has 0 fully saturated rings. The van der Waals surface area contributed by atoms with Gasteiger partial charge in [0.25, 0.3) is 11.8 Å². The van der Waals surface area contributed by atoms with E-state index in [1.165, 1.54) is 0 Å². The van der Waals surface area contributed by atoms with Crippen LogP contribution in [0.2, 0.25) is 0 Å². The second kappa shape index (κ2) is 8.92. The predicted molar refractivity (Wildman–Crippen MR) is 127 cm³/mol. The van der Waals surface area contributed by atoms with Gasteiger partial charge in [0.1, 0.15) is 16.5 Å². The summed E-state index contributed by atoms with van der Waals surface area (Å²) in [5, 5.41) is 2.72. The summed E-state index contributed by atoms with van der Waals surface area (Å²) in [6, 6.07) is 19.0. The summed E-state index contributed by atoms with van der Waals surface area (Å²) in [5.74, 6) is -1.18. The van der Waals surface area contributed by atoms with Crippen LogP contribution in [-0.4, -0.2) is 17.8 Å². The number of benzene rings is 3. The zero-order valence-electron chi connectivity index (χ0n) is 18.3. The number of nitrogens with zero attached hydrogens (tertiary/aromatic N) is 1. The molecule has 2 amide bonds. The monoisotopic (exact) mass is 460 g/mol. The van der Waals surface area contributed by atoms with E-state index < -0.39 is 17.8 Å². The number of carbonyl (C=O) groups excluding carboxylic acids is 3. The van der Waals surface area contributed by atoms with Crippen molar-refractivity contribution in [1.82, 2.24) is 0 Å². The molecule has 33 heavy (non-hydrogen) atoms. The number of rotatable bonds is 5. The highest BCUT2D eigenvalue weighted by molar-refractivity contribution is 6.53.